The van der Waals surface area contributed by atoms with Crippen LogP contribution in [0.5, 0.6) is 0 Å². The molecule has 1 aromatic heterocycles. The van der Waals surface area contributed by atoms with Crippen molar-refractivity contribution in [1.82, 2.24) is 4.98 Å². The van der Waals surface area contributed by atoms with Crippen LogP contribution in [0.15, 0.2) is 36.7 Å². The highest BCUT2D eigenvalue weighted by Crippen LogP contribution is 2.33. The zero-order valence-electron chi connectivity index (χ0n) is 8.45. The Balaban J connectivity index is 2.54. The van der Waals surface area contributed by atoms with Crippen LogP contribution < -0.4 is 5.73 Å². The van der Waals surface area contributed by atoms with Gasteiger partial charge in [-0.1, -0.05) is 35.3 Å². The van der Waals surface area contributed by atoms with Crippen molar-refractivity contribution in [3.63, 3.8) is 0 Å². The smallest absolute Gasteiger partial charge is 0.0671 e. The standard InChI is InChI=1S/C12H10Cl2N2/c13-11-3-1-2-10(12(11)14)9-4-8(5-15)6-16-7-9/h1-4,6-7H,5,15H2. The number of aromatic nitrogens is 1. The topological polar surface area (TPSA) is 38.9 Å². The second-order valence-corrected chi connectivity index (χ2v) is 4.17. The molecule has 0 unspecified atom stereocenters. The Morgan fingerprint density at radius 1 is 1.19 bits per heavy atom. The van der Waals surface area contributed by atoms with E-state index in [4.69, 9.17) is 28.9 Å². The third-order valence-electron chi connectivity index (χ3n) is 2.29. The molecule has 4 heteroatoms. The number of rotatable bonds is 2. The molecular formula is C12H10Cl2N2. The molecule has 16 heavy (non-hydrogen) atoms. The fraction of sp³-hybridized carbons (Fsp3) is 0.0833. The van der Waals surface area contributed by atoms with Gasteiger partial charge in [-0.25, -0.2) is 0 Å². The second kappa shape index (κ2) is 4.83. The minimum absolute atomic E-state index is 0.457. The summed E-state index contributed by atoms with van der Waals surface area (Å²) in [6.07, 6.45) is 3.48. The lowest BCUT2D eigenvalue weighted by Crippen LogP contribution is -1.97. The lowest BCUT2D eigenvalue weighted by atomic mass is 10.1. The predicted octanol–water partition coefficient (Wildman–Crippen LogP) is 3.51. The molecule has 2 nitrogen and oxygen atoms in total. The summed E-state index contributed by atoms with van der Waals surface area (Å²) < 4.78 is 0. The van der Waals surface area contributed by atoms with Crippen LogP contribution in [0.4, 0.5) is 0 Å². The van der Waals surface area contributed by atoms with Crippen molar-refractivity contribution >= 4 is 23.2 Å². The molecule has 2 N–H and O–H groups in total. The quantitative estimate of drug-likeness (QED) is 0.889. The zero-order chi connectivity index (χ0) is 11.5. The number of nitrogens with zero attached hydrogens (tertiary/aromatic N) is 1. The van der Waals surface area contributed by atoms with Gasteiger partial charge in [0, 0.05) is 30.1 Å². The van der Waals surface area contributed by atoms with Gasteiger partial charge in [0.1, 0.15) is 0 Å². The van der Waals surface area contributed by atoms with E-state index in [1.54, 1.807) is 18.5 Å². The van der Waals surface area contributed by atoms with E-state index in [-0.39, 0.29) is 0 Å². The maximum Gasteiger partial charge on any atom is 0.0671 e. The maximum atomic E-state index is 6.13. The molecular weight excluding hydrogens is 243 g/mol. The predicted molar refractivity (Wildman–Crippen MR) is 67.6 cm³/mol. The first kappa shape index (κ1) is 11.4. The molecule has 0 aliphatic carbocycles. The first-order chi connectivity index (χ1) is 7.72. The number of hydrogen-bond donors (Lipinski definition) is 1. The lowest BCUT2D eigenvalue weighted by Gasteiger charge is -2.06. The van der Waals surface area contributed by atoms with Gasteiger partial charge in [-0.15, -0.1) is 0 Å². The molecule has 1 aromatic carbocycles. The van der Waals surface area contributed by atoms with E-state index >= 15 is 0 Å². The van der Waals surface area contributed by atoms with Gasteiger partial charge in [0.25, 0.3) is 0 Å². The van der Waals surface area contributed by atoms with Crippen molar-refractivity contribution in [1.29, 1.82) is 0 Å². The highest BCUT2D eigenvalue weighted by atomic mass is 35.5. The third kappa shape index (κ3) is 2.19. The molecule has 0 amide bonds. The van der Waals surface area contributed by atoms with Gasteiger partial charge in [-0.2, -0.15) is 0 Å². The lowest BCUT2D eigenvalue weighted by molar-refractivity contribution is 1.05. The number of benzene rings is 1. The Kier molecular flexibility index (Phi) is 3.44. The molecule has 0 saturated carbocycles. The molecule has 0 radical (unpaired) electrons. The summed E-state index contributed by atoms with van der Waals surface area (Å²) in [5.74, 6) is 0. The van der Waals surface area contributed by atoms with E-state index in [1.165, 1.54) is 0 Å². The van der Waals surface area contributed by atoms with Crippen molar-refractivity contribution in [3.8, 4) is 11.1 Å². The van der Waals surface area contributed by atoms with E-state index < -0.39 is 0 Å². The Morgan fingerprint density at radius 3 is 2.75 bits per heavy atom. The van der Waals surface area contributed by atoms with Gasteiger partial charge >= 0.3 is 0 Å². The number of nitrogens with two attached hydrogens (primary N) is 1. The van der Waals surface area contributed by atoms with Crippen molar-refractivity contribution in [2.24, 2.45) is 5.73 Å². The molecule has 0 aliphatic rings. The van der Waals surface area contributed by atoms with Gasteiger partial charge in [0.05, 0.1) is 10.0 Å². The van der Waals surface area contributed by atoms with Crippen LogP contribution in [0.3, 0.4) is 0 Å². The van der Waals surface area contributed by atoms with Gasteiger partial charge in [-0.05, 0) is 17.7 Å². The molecule has 2 aromatic rings. The molecule has 0 spiro atoms. The van der Waals surface area contributed by atoms with E-state index in [0.717, 1.165) is 16.7 Å². The summed E-state index contributed by atoms with van der Waals surface area (Å²) in [6, 6.07) is 7.49. The van der Waals surface area contributed by atoms with Crippen LogP contribution in [0.1, 0.15) is 5.56 Å². The summed E-state index contributed by atoms with van der Waals surface area (Å²) in [5.41, 5.74) is 8.33. The van der Waals surface area contributed by atoms with E-state index in [2.05, 4.69) is 4.98 Å². The van der Waals surface area contributed by atoms with Crippen LogP contribution in [0, 0.1) is 0 Å². The molecule has 1 heterocycles. The Hall–Kier alpha value is -1.09. The van der Waals surface area contributed by atoms with Crippen molar-refractivity contribution < 1.29 is 0 Å². The largest absolute Gasteiger partial charge is 0.326 e. The molecule has 0 aliphatic heterocycles. The average Bonchev–Trinajstić information content (AvgIpc) is 2.33. The first-order valence-corrected chi connectivity index (χ1v) is 5.56. The summed E-state index contributed by atoms with van der Waals surface area (Å²) >= 11 is 12.1. The second-order valence-electron chi connectivity index (χ2n) is 3.39. The highest BCUT2D eigenvalue weighted by molar-refractivity contribution is 6.43. The van der Waals surface area contributed by atoms with E-state index in [1.807, 2.05) is 18.2 Å². The Bertz CT molecular complexity index is 512. The summed E-state index contributed by atoms with van der Waals surface area (Å²) in [4.78, 5) is 4.12. The highest BCUT2D eigenvalue weighted by Gasteiger charge is 2.07. The molecule has 0 atom stereocenters. The first-order valence-electron chi connectivity index (χ1n) is 4.80. The number of hydrogen-bond acceptors (Lipinski definition) is 2. The van der Waals surface area contributed by atoms with Crippen molar-refractivity contribution in [2.45, 2.75) is 6.54 Å². The van der Waals surface area contributed by atoms with E-state index in [0.29, 0.717) is 16.6 Å². The number of halogens is 2. The van der Waals surface area contributed by atoms with Gasteiger partial charge < -0.3 is 5.73 Å². The summed E-state index contributed by atoms with van der Waals surface area (Å²) in [6.45, 7) is 0.457. The van der Waals surface area contributed by atoms with E-state index in [9.17, 15) is 0 Å². The molecule has 0 saturated heterocycles. The van der Waals surface area contributed by atoms with Gasteiger partial charge in [0.2, 0.25) is 0 Å². The van der Waals surface area contributed by atoms with Crippen molar-refractivity contribution in [3.05, 3.63) is 52.3 Å². The van der Waals surface area contributed by atoms with Crippen molar-refractivity contribution in [2.75, 3.05) is 0 Å². The van der Waals surface area contributed by atoms with Crippen LogP contribution >= 0.6 is 23.2 Å². The number of pyridine rings is 1. The fourth-order valence-corrected chi connectivity index (χ4v) is 1.88. The molecule has 0 bridgehead atoms. The third-order valence-corrected chi connectivity index (χ3v) is 3.11. The Labute approximate surface area is 104 Å². The Morgan fingerprint density at radius 2 is 2.00 bits per heavy atom. The molecule has 82 valence electrons. The SMILES string of the molecule is NCc1cncc(-c2cccc(Cl)c2Cl)c1. The van der Waals surface area contributed by atoms with Crippen LogP contribution in [-0.2, 0) is 6.54 Å². The summed E-state index contributed by atoms with van der Waals surface area (Å²) in [5, 5.41) is 1.08. The monoisotopic (exact) mass is 252 g/mol. The zero-order valence-corrected chi connectivity index (χ0v) is 9.96. The molecule has 2 rings (SSSR count). The fourth-order valence-electron chi connectivity index (χ4n) is 1.47. The van der Waals surface area contributed by atoms with Crippen LogP contribution in [0.25, 0.3) is 11.1 Å². The van der Waals surface area contributed by atoms with Gasteiger partial charge in [0.15, 0.2) is 0 Å². The summed E-state index contributed by atoms with van der Waals surface area (Å²) in [7, 11) is 0. The van der Waals surface area contributed by atoms with Crippen LogP contribution in [0.2, 0.25) is 10.0 Å². The average molecular weight is 253 g/mol. The van der Waals surface area contributed by atoms with Gasteiger partial charge in [-0.3, -0.25) is 4.98 Å². The van der Waals surface area contributed by atoms with Crippen LogP contribution in [-0.4, -0.2) is 4.98 Å². The molecule has 0 fully saturated rings. The normalized spacial score (nSPS) is 10.4. The minimum Gasteiger partial charge on any atom is -0.326 e. The maximum absolute atomic E-state index is 6.13. The minimum atomic E-state index is 0.457.